The molecule has 15 heavy (non-hydrogen) atoms. The average molecular weight is 205 g/mol. The van der Waals surface area contributed by atoms with Crippen LogP contribution in [0.4, 0.5) is 6.01 Å². The lowest BCUT2D eigenvalue weighted by molar-refractivity contribution is 0.432. The third-order valence-electron chi connectivity index (χ3n) is 2.07. The van der Waals surface area contributed by atoms with E-state index in [1.165, 1.54) is 0 Å². The molecule has 6 heteroatoms. The first-order chi connectivity index (χ1) is 7.35. The van der Waals surface area contributed by atoms with Crippen LogP contribution >= 0.6 is 0 Å². The predicted molar refractivity (Wildman–Crippen MR) is 54.7 cm³/mol. The molecule has 2 aromatic heterocycles. The standard InChI is InChI=1S/C9H11N5O/c1-2-6-5-11-4-3-7(6)8-12-9(13-10)15-14-8/h3-5H,2,10H2,1H3,(H,12,13,14). The summed E-state index contributed by atoms with van der Waals surface area (Å²) in [6, 6.07) is 2.05. The van der Waals surface area contributed by atoms with Crippen LogP contribution in [0, 0.1) is 0 Å². The molecule has 3 N–H and O–H groups in total. The molecule has 0 saturated carbocycles. The highest BCUT2D eigenvalue weighted by atomic mass is 16.5. The average Bonchev–Trinajstić information content (AvgIpc) is 2.77. The number of pyridine rings is 1. The Bertz CT molecular complexity index is 453. The Morgan fingerprint density at radius 1 is 1.53 bits per heavy atom. The van der Waals surface area contributed by atoms with Gasteiger partial charge >= 0.3 is 6.01 Å². The van der Waals surface area contributed by atoms with Crippen LogP contribution in [0.15, 0.2) is 23.0 Å². The second-order valence-corrected chi connectivity index (χ2v) is 2.95. The van der Waals surface area contributed by atoms with Gasteiger partial charge in [-0.2, -0.15) is 4.98 Å². The number of nitrogens with zero attached hydrogens (tertiary/aromatic N) is 3. The van der Waals surface area contributed by atoms with Gasteiger partial charge in [-0.3, -0.25) is 10.4 Å². The number of nitrogens with one attached hydrogen (secondary N) is 1. The lowest BCUT2D eigenvalue weighted by atomic mass is 10.1. The van der Waals surface area contributed by atoms with Gasteiger partial charge in [0.15, 0.2) is 0 Å². The Morgan fingerprint density at radius 2 is 2.40 bits per heavy atom. The summed E-state index contributed by atoms with van der Waals surface area (Å²) in [5.74, 6) is 5.67. The topological polar surface area (TPSA) is 89.9 Å². The molecule has 0 aliphatic rings. The van der Waals surface area contributed by atoms with Crippen LogP contribution in [-0.2, 0) is 6.42 Å². The van der Waals surface area contributed by atoms with E-state index in [4.69, 9.17) is 10.4 Å². The lowest BCUT2D eigenvalue weighted by Gasteiger charge is -2.00. The Morgan fingerprint density at radius 3 is 3.07 bits per heavy atom. The number of nitrogens with two attached hydrogens (primary N) is 1. The zero-order valence-corrected chi connectivity index (χ0v) is 8.27. The van der Waals surface area contributed by atoms with Gasteiger partial charge in [0.25, 0.3) is 0 Å². The molecule has 0 aliphatic carbocycles. The minimum absolute atomic E-state index is 0.198. The number of hydrazine groups is 1. The van der Waals surface area contributed by atoms with E-state index in [9.17, 15) is 0 Å². The highest BCUT2D eigenvalue weighted by Crippen LogP contribution is 2.21. The van der Waals surface area contributed by atoms with E-state index in [1.807, 2.05) is 13.0 Å². The van der Waals surface area contributed by atoms with Gasteiger partial charge in [-0.05, 0) is 18.1 Å². The van der Waals surface area contributed by atoms with Gasteiger partial charge in [0.05, 0.1) is 0 Å². The first kappa shape index (κ1) is 9.60. The summed E-state index contributed by atoms with van der Waals surface area (Å²) >= 11 is 0. The highest BCUT2D eigenvalue weighted by molar-refractivity contribution is 5.59. The second kappa shape index (κ2) is 4.05. The van der Waals surface area contributed by atoms with E-state index in [0.29, 0.717) is 5.82 Å². The van der Waals surface area contributed by atoms with Gasteiger partial charge < -0.3 is 4.52 Å². The van der Waals surface area contributed by atoms with Crippen molar-refractivity contribution in [3.05, 3.63) is 24.0 Å². The highest BCUT2D eigenvalue weighted by Gasteiger charge is 2.10. The normalized spacial score (nSPS) is 10.3. The van der Waals surface area contributed by atoms with E-state index in [0.717, 1.165) is 17.5 Å². The van der Waals surface area contributed by atoms with Crippen molar-refractivity contribution in [2.75, 3.05) is 5.43 Å². The maximum atomic E-state index is 5.15. The van der Waals surface area contributed by atoms with Crippen molar-refractivity contribution in [1.82, 2.24) is 15.1 Å². The summed E-state index contributed by atoms with van der Waals surface area (Å²) in [6.07, 6.45) is 4.35. The quantitative estimate of drug-likeness (QED) is 0.573. The molecular weight excluding hydrogens is 194 g/mol. The van der Waals surface area contributed by atoms with Crippen LogP contribution in [0.25, 0.3) is 11.4 Å². The summed E-state index contributed by atoms with van der Waals surface area (Å²) in [5.41, 5.74) is 4.28. The molecule has 0 atom stereocenters. The monoisotopic (exact) mass is 205 g/mol. The van der Waals surface area contributed by atoms with Crippen molar-refractivity contribution in [1.29, 1.82) is 0 Å². The zero-order valence-electron chi connectivity index (χ0n) is 8.27. The first-order valence-electron chi connectivity index (χ1n) is 4.58. The van der Waals surface area contributed by atoms with Crippen LogP contribution in [0.5, 0.6) is 0 Å². The van der Waals surface area contributed by atoms with Crippen molar-refractivity contribution in [3.63, 3.8) is 0 Å². The van der Waals surface area contributed by atoms with Crippen LogP contribution in [0.1, 0.15) is 12.5 Å². The van der Waals surface area contributed by atoms with Crippen molar-refractivity contribution in [2.24, 2.45) is 5.84 Å². The summed E-state index contributed by atoms with van der Waals surface area (Å²) in [4.78, 5) is 8.11. The van der Waals surface area contributed by atoms with Gasteiger partial charge in [0.2, 0.25) is 5.82 Å². The van der Waals surface area contributed by atoms with E-state index in [1.54, 1.807) is 12.4 Å². The van der Waals surface area contributed by atoms with E-state index >= 15 is 0 Å². The summed E-state index contributed by atoms with van der Waals surface area (Å²) in [7, 11) is 0. The Balaban J connectivity index is 2.44. The van der Waals surface area contributed by atoms with E-state index in [2.05, 4.69) is 20.6 Å². The van der Waals surface area contributed by atoms with Gasteiger partial charge in [-0.25, -0.2) is 5.84 Å². The molecule has 0 bridgehead atoms. The maximum absolute atomic E-state index is 5.15. The second-order valence-electron chi connectivity index (χ2n) is 2.95. The molecule has 6 nitrogen and oxygen atoms in total. The van der Waals surface area contributed by atoms with Gasteiger partial charge in [0, 0.05) is 18.0 Å². The molecule has 2 heterocycles. The predicted octanol–water partition coefficient (Wildman–Crippen LogP) is 0.980. The number of anilines is 1. The molecule has 78 valence electrons. The van der Waals surface area contributed by atoms with Gasteiger partial charge in [0.1, 0.15) is 0 Å². The number of hydrogen-bond acceptors (Lipinski definition) is 6. The van der Waals surface area contributed by atoms with Crippen LogP contribution in [-0.4, -0.2) is 15.1 Å². The largest absolute Gasteiger partial charge is 0.335 e. The fourth-order valence-electron chi connectivity index (χ4n) is 1.32. The van der Waals surface area contributed by atoms with Crippen molar-refractivity contribution in [2.45, 2.75) is 13.3 Å². The molecule has 0 spiro atoms. The number of aromatic nitrogens is 3. The Hall–Kier alpha value is -1.95. The minimum Gasteiger partial charge on any atom is -0.314 e. The summed E-state index contributed by atoms with van der Waals surface area (Å²) in [5, 5.41) is 3.81. The molecule has 0 saturated heterocycles. The number of nitrogen functional groups attached to an aromatic ring is 1. The molecule has 0 aliphatic heterocycles. The number of aryl methyl sites for hydroxylation is 1. The SMILES string of the molecule is CCc1cnccc1-c1noc(NN)n1. The smallest absolute Gasteiger partial charge is 0.314 e. The molecule has 0 aromatic carbocycles. The molecule has 0 fully saturated rings. The fraction of sp³-hybridized carbons (Fsp3) is 0.222. The molecule has 0 unspecified atom stereocenters. The molecule has 0 radical (unpaired) electrons. The number of hydrogen-bond donors (Lipinski definition) is 2. The molecule has 0 amide bonds. The summed E-state index contributed by atoms with van der Waals surface area (Å²) in [6.45, 7) is 2.04. The van der Waals surface area contributed by atoms with E-state index < -0.39 is 0 Å². The van der Waals surface area contributed by atoms with Crippen molar-refractivity contribution < 1.29 is 4.52 Å². The zero-order chi connectivity index (χ0) is 10.7. The van der Waals surface area contributed by atoms with Crippen molar-refractivity contribution in [3.8, 4) is 11.4 Å². The van der Waals surface area contributed by atoms with Gasteiger partial charge in [-0.1, -0.05) is 12.1 Å². The number of rotatable bonds is 3. The Labute approximate surface area is 86.5 Å². The molecule has 2 rings (SSSR count). The van der Waals surface area contributed by atoms with Crippen LogP contribution < -0.4 is 11.3 Å². The fourth-order valence-corrected chi connectivity index (χ4v) is 1.32. The maximum Gasteiger partial charge on any atom is 0.335 e. The van der Waals surface area contributed by atoms with Gasteiger partial charge in [-0.15, -0.1) is 0 Å². The third-order valence-corrected chi connectivity index (χ3v) is 2.07. The van der Waals surface area contributed by atoms with Crippen LogP contribution in [0.2, 0.25) is 0 Å². The lowest BCUT2D eigenvalue weighted by Crippen LogP contribution is -2.06. The van der Waals surface area contributed by atoms with Crippen LogP contribution in [0.3, 0.4) is 0 Å². The summed E-state index contributed by atoms with van der Waals surface area (Å²) < 4.78 is 4.85. The Kier molecular flexibility index (Phi) is 2.59. The molecular formula is C9H11N5O. The molecule has 2 aromatic rings. The first-order valence-corrected chi connectivity index (χ1v) is 4.58. The van der Waals surface area contributed by atoms with Crippen molar-refractivity contribution >= 4 is 6.01 Å². The minimum atomic E-state index is 0.198. The third kappa shape index (κ3) is 1.79. The van der Waals surface area contributed by atoms with E-state index in [-0.39, 0.29) is 6.01 Å².